The topological polar surface area (TPSA) is 54.5 Å². The molecule has 2 rings (SSSR count). The van der Waals surface area contributed by atoms with E-state index in [-0.39, 0.29) is 23.3 Å². The molecule has 104 valence electrons. The van der Waals surface area contributed by atoms with Gasteiger partial charge in [-0.15, -0.1) is 0 Å². The standard InChI is InChI=1S/C14H19NO3S/c1-12-11-19(17,18)8-7-15(12)10-14(16)9-13-5-3-2-4-6-13/h2-6,12H,7-11H2,1H3. The first kappa shape index (κ1) is 14.2. The van der Waals surface area contributed by atoms with Crippen molar-refractivity contribution in [1.82, 2.24) is 4.90 Å². The van der Waals surface area contributed by atoms with Gasteiger partial charge in [-0.2, -0.15) is 0 Å². The third kappa shape index (κ3) is 4.14. The molecule has 1 unspecified atom stereocenters. The summed E-state index contributed by atoms with van der Waals surface area (Å²) in [5.74, 6) is 0.457. The van der Waals surface area contributed by atoms with E-state index in [1.165, 1.54) is 0 Å². The Morgan fingerprint density at radius 1 is 1.32 bits per heavy atom. The van der Waals surface area contributed by atoms with Crippen LogP contribution in [0.4, 0.5) is 0 Å². The monoisotopic (exact) mass is 281 g/mol. The second-order valence-corrected chi connectivity index (χ2v) is 7.36. The molecular formula is C14H19NO3S. The van der Waals surface area contributed by atoms with Crippen molar-refractivity contribution in [2.45, 2.75) is 19.4 Å². The van der Waals surface area contributed by atoms with E-state index in [0.29, 0.717) is 19.5 Å². The van der Waals surface area contributed by atoms with Gasteiger partial charge in [-0.25, -0.2) is 8.42 Å². The molecule has 1 aromatic rings. The number of ketones is 1. The summed E-state index contributed by atoms with van der Waals surface area (Å²) in [5, 5.41) is 0. The molecule has 1 atom stereocenters. The van der Waals surface area contributed by atoms with Gasteiger partial charge in [0.15, 0.2) is 15.6 Å². The summed E-state index contributed by atoms with van der Waals surface area (Å²) in [6.45, 7) is 2.67. The Balaban J connectivity index is 1.89. The third-order valence-corrected chi connectivity index (χ3v) is 5.23. The number of hydrogen-bond acceptors (Lipinski definition) is 4. The lowest BCUT2D eigenvalue weighted by Crippen LogP contribution is -2.48. The molecule has 0 amide bonds. The van der Waals surface area contributed by atoms with Gasteiger partial charge in [-0.05, 0) is 12.5 Å². The minimum atomic E-state index is -2.91. The Morgan fingerprint density at radius 2 is 2.00 bits per heavy atom. The van der Waals surface area contributed by atoms with Crippen LogP contribution in [0.5, 0.6) is 0 Å². The number of nitrogens with zero attached hydrogens (tertiary/aromatic N) is 1. The van der Waals surface area contributed by atoms with Crippen LogP contribution >= 0.6 is 0 Å². The van der Waals surface area contributed by atoms with E-state index >= 15 is 0 Å². The molecule has 5 heteroatoms. The molecule has 1 aromatic carbocycles. The highest BCUT2D eigenvalue weighted by atomic mass is 32.2. The molecular weight excluding hydrogens is 262 g/mol. The number of benzene rings is 1. The Hall–Kier alpha value is -1.20. The number of rotatable bonds is 4. The largest absolute Gasteiger partial charge is 0.298 e. The molecule has 0 aliphatic carbocycles. The zero-order valence-electron chi connectivity index (χ0n) is 11.1. The lowest BCUT2D eigenvalue weighted by molar-refractivity contribution is -0.120. The summed E-state index contributed by atoms with van der Waals surface area (Å²) in [6.07, 6.45) is 0.414. The molecule has 4 nitrogen and oxygen atoms in total. The summed E-state index contributed by atoms with van der Waals surface area (Å²) in [5.41, 5.74) is 1.00. The average molecular weight is 281 g/mol. The minimum absolute atomic E-state index is 0.0709. The quantitative estimate of drug-likeness (QED) is 0.823. The van der Waals surface area contributed by atoms with Crippen molar-refractivity contribution in [3.63, 3.8) is 0 Å². The van der Waals surface area contributed by atoms with Crippen LogP contribution < -0.4 is 0 Å². The fraction of sp³-hybridized carbons (Fsp3) is 0.500. The lowest BCUT2D eigenvalue weighted by atomic mass is 10.1. The molecule has 0 N–H and O–H groups in total. The van der Waals surface area contributed by atoms with E-state index in [1.54, 1.807) is 0 Å². The van der Waals surface area contributed by atoms with Crippen molar-refractivity contribution in [3.8, 4) is 0 Å². The molecule has 1 heterocycles. The van der Waals surface area contributed by atoms with E-state index in [4.69, 9.17) is 0 Å². The van der Waals surface area contributed by atoms with Gasteiger partial charge in [0.25, 0.3) is 0 Å². The Labute approximate surface area is 114 Å². The second-order valence-electron chi connectivity index (χ2n) is 5.13. The number of sulfone groups is 1. The molecule has 19 heavy (non-hydrogen) atoms. The van der Waals surface area contributed by atoms with Gasteiger partial charge in [-0.3, -0.25) is 9.69 Å². The molecule has 1 fully saturated rings. The normalized spacial score (nSPS) is 23.1. The number of carbonyl (C=O) groups excluding carboxylic acids is 1. The van der Waals surface area contributed by atoms with Gasteiger partial charge in [-0.1, -0.05) is 30.3 Å². The Bertz CT molecular complexity index is 539. The molecule has 1 aliphatic rings. The molecule has 1 saturated heterocycles. The maximum Gasteiger partial charge on any atom is 0.153 e. The maximum atomic E-state index is 12.0. The molecule has 0 aromatic heterocycles. The SMILES string of the molecule is CC1CS(=O)(=O)CCN1CC(=O)Cc1ccccc1. The van der Waals surface area contributed by atoms with Crippen molar-refractivity contribution in [1.29, 1.82) is 0 Å². The first-order valence-corrected chi connectivity index (χ1v) is 8.28. The van der Waals surface area contributed by atoms with Crippen molar-refractivity contribution in [3.05, 3.63) is 35.9 Å². The maximum absolute atomic E-state index is 12.0. The van der Waals surface area contributed by atoms with Gasteiger partial charge in [0.05, 0.1) is 18.1 Å². The fourth-order valence-corrected chi connectivity index (χ4v) is 4.00. The van der Waals surface area contributed by atoms with Crippen molar-refractivity contribution >= 4 is 15.6 Å². The molecule has 1 aliphatic heterocycles. The second kappa shape index (κ2) is 5.84. The van der Waals surface area contributed by atoms with E-state index in [9.17, 15) is 13.2 Å². The molecule has 0 spiro atoms. The molecule has 0 radical (unpaired) electrons. The van der Waals surface area contributed by atoms with E-state index in [0.717, 1.165) is 5.56 Å². The van der Waals surface area contributed by atoms with Crippen LogP contribution in [0.25, 0.3) is 0 Å². The van der Waals surface area contributed by atoms with Gasteiger partial charge in [0.2, 0.25) is 0 Å². The number of hydrogen-bond donors (Lipinski definition) is 0. The molecule has 0 saturated carbocycles. The van der Waals surface area contributed by atoms with E-state index in [2.05, 4.69) is 0 Å². The summed E-state index contributed by atoms with van der Waals surface area (Å²) in [7, 11) is -2.91. The third-order valence-electron chi connectivity index (χ3n) is 3.43. The molecule has 0 bridgehead atoms. The van der Waals surface area contributed by atoms with Gasteiger partial charge >= 0.3 is 0 Å². The van der Waals surface area contributed by atoms with E-state index in [1.807, 2.05) is 42.2 Å². The number of carbonyl (C=O) groups is 1. The predicted octanol–water partition coefficient (Wildman–Crippen LogP) is 0.917. The van der Waals surface area contributed by atoms with Crippen LogP contribution in [0, 0.1) is 0 Å². The van der Waals surface area contributed by atoms with Crippen LogP contribution in [0.1, 0.15) is 12.5 Å². The minimum Gasteiger partial charge on any atom is -0.298 e. The summed E-state index contributed by atoms with van der Waals surface area (Å²) in [4.78, 5) is 14.0. The zero-order chi connectivity index (χ0) is 13.9. The van der Waals surface area contributed by atoms with Crippen molar-refractivity contribution < 1.29 is 13.2 Å². The van der Waals surface area contributed by atoms with Crippen LogP contribution in [0.2, 0.25) is 0 Å². The first-order chi connectivity index (χ1) is 8.96. The predicted molar refractivity (Wildman–Crippen MR) is 74.8 cm³/mol. The highest BCUT2D eigenvalue weighted by Crippen LogP contribution is 2.11. The first-order valence-electron chi connectivity index (χ1n) is 6.46. The summed E-state index contributed by atoms with van der Waals surface area (Å²) < 4.78 is 22.9. The van der Waals surface area contributed by atoms with Crippen LogP contribution in [0.15, 0.2) is 30.3 Å². The van der Waals surface area contributed by atoms with Crippen molar-refractivity contribution in [2.75, 3.05) is 24.6 Å². The van der Waals surface area contributed by atoms with Gasteiger partial charge in [0.1, 0.15) is 0 Å². The number of Topliss-reactive ketones (excluding diaryl/α,β-unsaturated/α-hetero) is 1. The Kier molecular flexibility index (Phi) is 4.37. The smallest absolute Gasteiger partial charge is 0.153 e. The van der Waals surface area contributed by atoms with Gasteiger partial charge in [0, 0.05) is 19.0 Å². The van der Waals surface area contributed by atoms with Crippen LogP contribution in [-0.4, -0.2) is 49.7 Å². The van der Waals surface area contributed by atoms with E-state index < -0.39 is 9.84 Å². The van der Waals surface area contributed by atoms with Crippen LogP contribution in [0.3, 0.4) is 0 Å². The van der Waals surface area contributed by atoms with Crippen molar-refractivity contribution in [2.24, 2.45) is 0 Å². The zero-order valence-corrected chi connectivity index (χ0v) is 11.9. The average Bonchev–Trinajstić information content (AvgIpc) is 2.33. The highest BCUT2D eigenvalue weighted by Gasteiger charge is 2.28. The summed E-state index contributed by atoms with van der Waals surface area (Å²) in [6, 6.07) is 9.55. The highest BCUT2D eigenvalue weighted by molar-refractivity contribution is 7.91. The summed E-state index contributed by atoms with van der Waals surface area (Å²) >= 11 is 0. The fourth-order valence-electron chi connectivity index (χ4n) is 2.37. The lowest BCUT2D eigenvalue weighted by Gasteiger charge is -2.32. The van der Waals surface area contributed by atoms with Gasteiger partial charge < -0.3 is 0 Å². The Morgan fingerprint density at radius 3 is 2.63 bits per heavy atom. The van der Waals surface area contributed by atoms with Crippen LogP contribution in [-0.2, 0) is 21.1 Å².